The number of carbonyl (C=O) groups excluding carboxylic acids is 2. The van der Waals surface area contributed by atoms with Crippen molar-refractivity contribution in [2.75, 3.05) is 13.1 Å². The van der Waals surface area contributed by atoms with Crippen molar-refractivity contribution in [2.24, 2.45) is 0 Å². The van der Waals surface area contributed by atoms with Gasteiger partial charge in [-0.25, -0.2) is 14.2 Å². The summed E-state index contributed by atoms with van der Waals surface area (Å²) in [5.74, 6) is -0.520. The molecule has 0 spiro atoms. The van der Waals surface area contributed by atoms with Gasteiger partial charge in [0.15, 0.2) is 0 Å². The van der Waals surface area contributed by atoms with E-state index in [4.69, 9.17) is 0 Å². The fourth-order valence-electron chi connectivity index (χ4n) is 2.02. The minimum Gasteiger partial charge on any atom is -0.329 e. The summed E-state index contributed by atoms with van der Waals surface area (Å²) in [6, 6.07) is 5.75. The topological polar surface area (TPSA) is 62.3 Å². The van der Waals surface area contributed by atoms with E-state index in [1.165, 1.54) is 23.5 Å². The van der Waals surface area contributed by atoms with Gasteiger partial charge in [0.05, 0.1) is 12.2 Å². The molecule has 3 rings (SSSR count). The van der Waals surface area contributed by atoms with Crippen LogP contribution in [0.25, 0.3) is 17.3 Å². The molecule has 1 aliphatic heterocycles. The maximum Gasteiger partial charge on any atom is 0.324 e. The molecular formula is C15H12FN3O2S. The van der Waals surface area contributed by atoms with Gasteiger partial charge in [-0.05, 0) is 30.3 Å². The number of hydrogen-bond donors (Lipinski definition) is 1. The Balaban J connectivity index is 1.66. The summed E-state index contributed by atoms with van der Waals surface area (Å²) < 4.78 is 12.9. The van der Waals surface area contributed by atoms with Crippen LogP contribution >= 0.6 is 11.3 Å². The number of nitrogens with zero attached hydrogens (tertiary/aromatic N) is 2. The summed E-state index contributed by atoms with van der Waals surface area (Å²) in [5.41, 5.74) is 1.60. The Bertz CT molecular complexity index is 724. The molecule has 0 unspecified atom stereocenters. The van der Waals surface area contributed by atoms with Crippen molar-refractivity contribution >= 4 is 29.4 Å². The standard InChI is InChI=1S/C15H12FN3O2S/c16-11-5-3-10(4-6-11)12-9-22-13(18-12)2-1-7-19-14(20)8-17-15(19)21/h1-6,9H,7-8H2,(H,17,21)/b2-1+. The molecule has 5 nitrogen and oxygen atoms in total. The highest BCUT2D eigenvalue weighted by Gasteiger charge is 2.26. The first-order valence-electron chi connectivity index (χ1n) is 6.60. The highest BCUT2D eigenvalue weighted by atomic mass is 32.1. The van der Waals surface area contributed by atoms with Crippen molar-refractivity contribution in [1.29, 1.82) is 0 Å². The molecule has 1 aromatic heterocycles. The average molecular weight is 317 g/mol. The predicted molar refractivity (Wildman–Crippen MR) is 81.7 cm³/mol. The second-order valence-electron chi connectivity index (χ2n) is 4.64. The molecule has 1 fully saturated rings. The normalized spacial score (nSPS) is 14.9. The Labute approximate surface area is 130 Å². The van der Waals surface area contributed by atoms with Crippen LogP contribution in [0.15, 0.2) is 35.7 Å². The van der Waals surface area contributed by atoms with Crippen molar-refractivity contribution in [1.82, 2.24) is 15.2 Å². The zero-order valence-electron chi connectivity index (χ0n) is 11.5. The number of hydrogen-bond acceptors (Lipinski definition) is 4. The van der Waals surface area contributed by atoms with Crippen LogP contribution in [0.1, 0.15) is 5.01 Å². The SMILES string of the molecule is O=C1CNC(=O)N1C/C=C/c1nc(-c2ccc(F)cc2)cs1. The highest BCUT2D eigenvalue weighted by Crippen LogP contribution is 2.22. The Morgan fingerprint density at radius 1 is 1.32 bits per heavy atom. The lowest BCUT2D eigenvalue weighted by atomic mass is 10.2. The summed E-state index contributed by atoms with van der Waals surface area (Å²) in [7, 11) is 0. The van der Waals surface area contributed by atoms with Crippen LogP contribution in [0.5, 0.6) is 0 Å². The van der Waals surface area contributed by atoms with E-state index >= 15 is 0 Å². The molecule has 22 heavy (non-hydrogen) atoms. The van der Waals surface area contributed by atoms with E-state index in [9.17, 15) is 14.0 Å². The molecule has 1 saturated heterocycles. The van der Waals surface area contributed by atoms with Crippen molar-refractivity contribution < 1.29 is 14.0 Å². The van der Waals surface area contributed by atoms with E-state index in [2.05, 4.69) is 10.3 Å². The zero-order valence-corrected chi connectivity index (χ0v) is 12.3. The summed E-state index contributed by atoms with van der Waals surface area (Å²) in [5, 5.41) is 5.09. The van der Waals surface area contributed by atoms with Crippen molar-refractivity contribution in [3.63, 3.8) is 0 Å². The van der Waals surface area contributed by atoms with Crippen LogP contribution in [0.3, 0.4) is 0 Å². The van der Waals surface area contributed by atoms with Crippen molar-refractivity contribution in [3.8, 4) is 11.3 Å². The Morgan fingerprint density at radius 3 is 2.77 bits per heavy atom. The van der Waals surface area contributed by atoms with Gasteiger partial charge in [0, 0.05) is 17.5 Å². The molecular weight excluding hydrogens is 305 g/mol. The quantitative estimate of drug-likeness (QED) is 0.881. The first-order chi connectivity index (χ1) is 10.6. The minimum absolute atomic E-state index is 0.0542. The molecule has 1 aromatic carbocycles. The van der Waals surface area contributed by atoms with E-state index < -0.39 is 0 Å². The Hall–Kier alpha value is -2.54. The number of urea groups is 1. The second kappa shape index (κ2) is 6.07. The molecule has 0 bridgehead atoms. The van der Waals surface area contributed by atoms with Crippen LogP contribution in [0.2, 0.25) is 0 Å². The fraction of sp³-hybridized carbons (Fsp3) is 0.133. The van der Waals surface area contributed by atoms with Gasteiger partial charge in [-0.3, -0.25) is 9.69 Å². The van der Waals surface area contributed by atoms with Crippen LogP contribution in [0, 0.1) is 5.82 Å². The van der Waals surface area contributed by atoms with E-state index in [0.29, 0.717) is 0 Å². The monoisotopic (exact) mass is 317 g/mol. The van der Waals surface area contributed by atoms with Gasteiger partial charge in [-0.2, -0.15) is 0 Å². The summed E-state index contributed by atoms with van der Waals surface area (Å²) in [6.45, 7) is 0.273. The maximum atomic E-state index is 12.9. The van der Waals surface area contributed by atoms with Gasteiger partial charge >= 0.3 is 6.03 Å². The third-order valence-electron chi connectivity index (χ3n) is 3.15. The third kappa shape index (κ3) is 3.04. The number of halogens is 1. The number of benzene rings is 1. The van der Waals surface area contributed by atoms with Crippen molar-refractivity contribution in [3.05, 3.63) is 46.5 Å². The first kappa shape index (κ1) is 14.4. The first-order valence-corrected chi connectivity index (χ1v) is 7.47. The lowest BCUT2D eigenvalue weighted by molar-refractivity contribution is -0.124. The van der Waals surface area contributed by atoms with Gasteiger partial charge in [-0.15, -0.1) is 11.3 Å². The van der Waals surface area contributed by atoms with Gasteiger partial charge in [0.1, 0.15) is 10.8 Å². The van der Waals surface area contributed by atoms with E-state index in [1.807, 2.05) is 5.38 Å². The molecule has 0 saturated carbocycles. The van der Waals surface area contributed by atoms with Gasteiger partial charge in [0.2, 0.25) is 5.91 Å². The molecule has 1 N–H and O–H groups in total. The lowest BCUT2D eigenvalue weighted by Gasteiger charge is -2.07. The molecule has 1 aliphatic rings. The summed E-state index contributed by atoms with van der Waals surface area (Å²) >= 11 is 1.44. The molecule has 2 heterocycles. The molecule has 3 amide bonds. The van der Waals surface area contributed by atoms with Gasteiger partial charge in [0.25, 0.3) is 0 Å². The third-order valence-corrected chi connectivity index (χ3v) is 3.96. The van der Waals surface area contributed by atoms with Gasteiger partial charge < -0.3 is 5.32 Å². The largest absolute Gasteiger partial charge is 0.329 e. The Morgan fingerprint density at radius 2 is 2.09 bits per heavy atom. The fourth-order valence-corrected chi connectivity index (χ4v) is 2.76. The van der Waals surface area contributed by atoms with Crippen LogP contribution < -0.4 is 5.32 Å². The van der Waals surface area contributed by atoms with Gasteiger partial charge in [-0.1, -0.05) is 6.08 Å². The number of nitrogens with one attached hydrogen (secondary N) is 1. The van der Waals surface area contributed by atoms with Crippen LogP contribution in [0.4, 0.5) is 9.18 Å². The average Bonchev–Trinajstić information content (AvgIpc) is 3.10. The minimum atomic E-state index is -0.374. The molecule has 112 valence electrons. The van der Waals surface area contributed by atoms with E-state index in [0.717, 1.165) is 21.2 Å². The lowest BCUT2D eigenvalue weighted by Crippen LogP contribution is -2.30. The second-order valence-corrected chi connectivity index (χ2v) is 5.53. The highest BCUT2D eigenvalue weighted by molar-refractivity contribution is 7.10. The summed E-state index contributed by atoms with van der Waals surface area (Å²) in [6.07, 6.45) is 3.48. The maximum absolute atomic E-state index is 12.9. The number of carbonyl (C=O) groups is 2. The predicted octanol–water partition coefficient (Wildman–Crippen LogP) is 2.51. The van der Waals surface area contributed by atoms with Crippen molar-refractivity contribution in [2.45, 2.75) is 0 Å². The molecule has 0 aliphatic carbocycles. The number of aromatic nitrogens is 1. The number of amides is 3. The smallest absolute Gasteiger partial charge is 0.324 e. The van der Waals surface area contributed by atoms with Crippen LogP contribution in [-0.2, 0) is 4.79 Å². The summed E-state index contributed by atoms with van der Waals surface area (Å²) in [4.78, 5) is 28.3. The zero-order chi connectivity index (χ0) is 15.5. The number of rotatable bonds is 4. The molecule has 0 atom stereocenters. The Kier molecular flexibility index (Phi) is 3.97. The molecule has 7 heteroatoms. The molecule has 0 radical (unpaired) electrons. The van der Waals surface area contributed by atoms with Crippen LogP contribution in [-0.4, -0.2) is 34.9 Å². The van der Waals surface area contributed by atoms with E-state index in [-0.39, 0.29) is 30.8 Å². The molecule has 2 aromatic rings. The number of thiazole rings is 1. The number of imide groups is 1. The van der Waals surface area contributed by atoms with E-state index in [1.54, 1.807) is 24.3 Å².